The number of piperidine rings is 1. The van der Waals surface area contributed by atoms with Gasteiger partial charge in [-0.15, -0.1) is 0 Å². The lowest BCUT2D eigenvalue weighted by Gasteiger charge is -2.35. The molecule has 5 rings (SSSR count). The first-order valence-electron chi connectivity index (χ1n) is 12.0. The molecule has 1 saturated heterocycles. The summed E-state index contributed by atoms with van der Waals surface area (Å²) in [6.45, 7) is 6.76. The SMILES string of the molecule is CNC(=O)COc1cc2cc(Nc3nc(N4C[C@H](C)C[C@H](C)C4)ncc3Cl)cc3c2n(c1=O)CCO3. The van der Waals surface area contributed by atoms with Crippen LogP contribution in [0.4, 0.5) is 17.5 Å². The number of anilines is 3. The molecule has 1 amide bonds. The summed E-state index contributed by atoms with van der Waals surface area (Å²) in [6, 6.07) is 5.33. The van der Waals surface area contributed by atoms with Gasteiger partial charge in [0.25, 0.3) is 11.5 Å². The molecule has 10 nitrogen and oxygen atoms in total. The van der Waals surface area contributed by atoms with Crippen molar-refractivity contribution in [3.8, 4) is 11.5 Å². The zero-order valence-corrected chi connectivity index (χ0v) is 21.3. The van der Waals surface area contributed by atoms with Crippen LogP contribution in [0.2, 0.25) is 5.02 Å². The van der Waals surface area contributed by atoms with Crippen LogP contribution in [-0.2, 0) is 11.3 Å². The largest absolute Gasteiger partial charge is 0.489 e. The monoisotopic (exact) mass is 512 g/mol. The molecule has 2 atom stereocenters. The molecule has 1 aromatic carbocycles. The number of amides is 1. The van der Waals surface area contributed by atoms with E-state index in [9.17, 15) is 9.59 Å². The van der Waals surface area contributed by atoms with Crippen LogP contribution in [0.15, 0.2) is 29.2 Å². The first kappa shape index (κ1) is 24.2. The van der Waals surface area contributed by atoms with Crippen molar-refractivity contribution >= 4 is 45.9 Å². The lowest BCUT2D eigenvalue weighted by atomic mass is 9.92. The van der Waals surface area contributed by atoms with E-state index in [1.807, 2.05) is 12.1 Å². The Hall–Kier alpha value is -3.53. The van der Waals surface area contributed by atoms with Crippen molar-refractivity contribution in [2.24, 2.45) is 11.8 Å². The van der Waals surface area contributed by atoms with Crippen LogP contribution in [0, 0.1) is 11.8 Å². The average Bonchev–Trinajstić information content (AvgIpc) is 2.85. The van der Waals surface area contributed by atoms with E-state index in [4.69, 9.17) is 26.1 Å². The van der Waals surface area contributed by atoms with E-state index in [2.05, 4.69) is 34.4 Å². The van der Waals surface area contributed by atoms with E-state index < -0.39 is 0 Å². The summed E-state index contributed by atoms with van der Waals surface area (Å²) in [7, 11) is 1.51. The van der Waals surface area contributed by atoms with E-state index in [0.29, 0.717) is 58.7 Å². The number of ether oxygens (including phenoxy) is 2. The standard InChI is InChI=1S/C25H29ClN6O4/c1-14-6-15(2)12-31(11-14)25-28-10-18(26)23(30-25)29-17-7-16-8-20(36-13-21(33)27-3)24(34)32-4-5-35-19(9-17)22(16)32/h7-10,14-15H,4-6,11-13H2,1-3H3,(H,27,33)(H,28,29,30)/t14-,15+. The van der Waals surface area contributed by atoms with Gasteiger partial charge in [0, 0.05) is 37.3 Å². The van der Waals surface area contributed by atoms with Crippen molar-refractivity contribution in [3.63, 3.8) is 0 Å². The third-order valence-corrected chi connectivity index (χ3v) is 6.75. The van der Waals surface area contributed by atoms with Crippen LogP contribution >= 0.6 is 11.6 Å². The zero-order valence-electron chi connectivity index (χ0n) is 20.5. The molecule has 190 valence electrons. The molecule has 11 heteroatoms. The molecule has 1 fully saturated rings. The maximum atomic E-state index is 13.0. The van der Waals surface area contributed by atoms with Crippen LogP contribution in [0.1, 0.15) is 20.3 Å². The Morgan fingerprint density at radius 2 is 2.03 bits per heavy atom. The Kier molecular flexibility index (Phi) is 6.61. The number of halogens is 1. The van der Waals surface area contributed by atoms with Crippen molar-refractivity contribution in [2.75, 3.05) is 43.6 Å². The first-order chi connectivity index (χ1) is 17.3. The second-order valence-electron chi connectivity index (χ2n) is 9.53. The number of hydrogen-bond acceptors (Lipinski definition) is 8. The number of benzene rings is 1. The van der Waals surface area contributed by atoms with Crippen LogP contribution < -0.4 is 30.6 Å². The smallest absolute Gasteiger partial charge is 0.293 e. The summed E-state index contributed by atoms with van der Waals surface area (Å²) in [5, 5.41) is 6.90. The summed E-state index contributed by atoms with van der Waals surface area (Å²) < 4.78 is 13.0. The van der Waals surface area contributed by atoms with Gasteiger partial charge in [0.1, 0.15) is 17.4 Å². The number of carbonyl (C=O) groups is 1. The van der Waals surface area contributed by atoms with Crippen LogP contribution in [-0.4, -0.2) is 53.8 Å². The Morgan fingerprint density at radius 3 is 2.78 bits per heavy atom. The average molecular weight is 513 g/mol. The van der Waals surface area contributed by atoms with E-state index >= 15 is 0 Å². The summed E-state index contributed by atoms with van der Waals surface area (Å²) in [5.74, 6) is 2.60. The summed E-state index contributed by atoms with van der Waals surface area (Å²) >= 11 is 6.46. The predicted octanol–water partition coefficient (Wildman–Crippen LogP) is 3.19. The molecule has 2 N–H and O–H groups in total. The van der Waals surface area contributed by atoms with E-state index in [1.54, 1.807) is 16.8 Å². The van der Waals surface area contributed by atoms with Crippen molar-refractivity contribution in [2.45, 2.75) is 26.8 Å². The maximum Gasteiger partial charge on any atom is 0.293 e. The Balaban J connectivity index is 1.49. The van der Waals surface area contributed by atoms with Gasteiger partial charge in [-0.3, -0.25) is 14.2 Å². The van der Waals surface area contributed by atoms with E-state index in [0.717, 1.165) is 18.5 Å². The minimum Gasteiger partial charge on any atom is -0.489 e. The highest BCUT2D eigenvalue weighted by Gasteiger charge is 2.25. The second-order valence-corrected chi connectivity index (χ2v) is 9.94. The molecule has 0 saturated carbocycles. The normalized spacial score (nSPS) is 19.1. The second kappa shape index (κ2) is 9.85. The summed E-state index contributed by atoms with van der Waals surface area (Å²) in [6.07, 6.45) is 2.80. The number of nitrogens with one attached hydrogen (secondary N) is 2. The predicted molar refractivity (Wildman–Crippen MR) is 139 cm³/mol. The highest BCUT2D eigenvalue weighted by molar-refractivity contribution is 6.32. The quantitative estimate of drug-likeness (QED) is 0.518. The van der Waals surface area contributed by atoms with Crippen molar-refractivity contribution in [1.82, 2.24) is 19.9 Å². The minimum atomic E-state index is -0.320. The lowest BCUT2D eigenvalue weighted by Crippen LogP contribution is -2.39. The van der Waals surface area contributed by atoms with E-state index in [1.165, 1.54) is 13.5 Å². The van der Waals surface area contributed by atoms with Gasteiger partial charge in [0.2, 0.25) is 5.95 Å². The third-order valence-electron chi connectivity index (χ3n) is 6.47. The number of carbonyl (C=O) groups excluding carboxylic acids is 1. The molecule has 0 radical (unpaired) electrons. The molecular weight excluding hydrogens is 484 g/mol. The topological polar surface area (TPSA) is 111 Å². The Labute approximate surface area is 213 Å². The van der Waals surface area contributed by atoms with Gasteiger partial charge >= 0.3 is 0 Å². The molecule has 0 spiro atoms. The molecule has 0 unspecified atom stereocenters. The van der Waals surface area contributed by atoms with Gasteiger partial charge in [-0.25, -0.2) is 4.98 Å². The third kappa shape index (κ3) is 4.77. The number of rotatable bonds is 6. The molecular formula is C25H29ClN6O4. The zero-order chi connectivity index (χ0) is 25.4. The number of aromatic nitrogens is 3. The van der Waals surface area contributed by atoms with Gasteiger partial charge in [0.15, 0.2) is 18.2 Å². The Bertz CT molecular complexity index is 1370. The first-order valence-corrected chi connectivity index (χ1v) is 12.4. The Morgan fingerprint density at radius 1 is 1.25 bits per heavy atom. The van der Waals surface area contributed by atoms with Crippen LogP contribution in [0.3, 0.4) is 0 Å². The van der Waals surface area contributed by atoms with Gasteiger partial charge in [-0.1, -0.05) is 25.4 Å². The van der Waals surface area contributed by atoms with Crippen molar-refractivity contribution in [1.29, 1.82) is 0 Å². The maximum absolute atomic E-state index is 13.0. The van der Waals surface area contributed by atoms with Crippen LogP contribution in [0.5, 0.6) is 11.5 Å². The van der Waals surface area contributed by atoms with Gasteiger partial charge < -0.3 is 25.0 Å². The minimum absolute atomic E-state index is 0.104. The molecule has 0 aliphatic carbocycles. The molecule has 3 aromatic rings. The number of likely N-dealkylation sites (N-methyl/N-ethyl adjacent to an activating group) is 1. The lowest BCUT2D eigenvalue weighted by molar-refractivity contribution is -0.122. The fourth-order valence-corrected chi connectivity index (χ4v) is 5.13. The van der Waals surface area contributed by atoms with Gasteiger partial charge in [-0.05, 0) is 30.4 Å². The van der Waals surface area contributed by atoms with E-state index in [-0.39, 0.29) is 23.8 Å². The molecule has 0 bridgehead atoms. The fourth-order valence-electron chi connectivity index (χ4n) is 4.99. The molecule has 2 aromatic heterocycles. The number of nitrogens with zero attached hydrogens (tertiary/aromatic N) is 4. The fraction of sp³-hybridized carbons (Fsp3) is 0.440. The summed E-state index contributed by atoms with van der Waals surface area (Å²) in [5.41, 5.74) is 1.06. The van der Waals surface area contributed by atoms with Gasteiger partial charge in [-0.2, -0.15) is 4.98 Å². The van der Waals surface area contributed by atoms with Crippen molar-refractivity contribution in [3.05, 3.63) is 39.8 Å². The highest BCUT2D eigenvalue weighted by Crippen LogP contribution is 2.35. The number of hydrogen-bond donors (Lipinski definition) is 2. The molecule has 2 aliphatic heterocycles. The van der Waals surface area contributed by atoms with Crippen molar-refractivity contribution < 1.29 is 14.3 Å². The molecule has 2 aliphatic rings. The molecule has 4 heterocycles. The highest BCUT2D eigenvalue weighted by atomic mass is 35.5. The van der Waals surface area contributed by atoms with Gasteiger partial charge in [0.05, 0.1) is 18.3 Å². The summed E-state index contributed by atoms with van der Waals surface area (Å²) in [4.78, 5) is 36.0. The number of pyridine rings is 1. The molecule has 36 heavy (non-hydrogen) atoms. The van der Waals surface area contributed by atoms with Crippen LogP contribution in [0.25, 0.3) is 10.9 Å².